The first-order chi connectivity index (χ1) is 9.52. The summed E-state index contributed by atoms with van der Waals surface area (Å²) in [6, 6.07) is 4.39. The molecule has 20 heavy (non-hydrogen) atoms. The van der Waals surface area contributed by atoms with Crippen molar-refractivity contribution in [2.24, 2.45) is 0 Å². The number of likely N-dealkylation sites (N-methyl/N-ethyl adjacent to an activating group) is 1. The monoisotopic (exact) mass is 297 g/mol. The molecule has 0 unspecified atom stereocenters. The average molecular weight is 298 g/mol. The third-order valence-electron chi connectivity index (χ3n) is 3.46. The second kappa shape index (κ2) is 6.19. The summed E-state index contributed by atoms with van der Waals surface area (Å²) < 4.78 is 0. The fraction of sp³-hybridized carbons (Fsp3) is 0.462. The lowest BCUT2D eigenvalue weighted by atomic mass is 10.1. The molecule has 0 amide bonds. The van der Waals surface area contributed by atoms with Crippen LogP contribution in [0, 0.1) is 10.1 Å². The van der Waals surface area contributed by atoms with Gasteiger partial charge >= 0.3 is 0 Å². The highest BCUT2D eigenvalue weighted by Crippen LogP contribution is 2.27. The van der Waals surface area contributed by atoms with Crippen LogP contribution in [0.4, 0.5) is 11.4 Å². The SMILES string of the molecule is CN1CCN(c2ccc([N+](=O)[O-])cc2C(=O)CCl)CC1. The van der Waals surface area contributed by atoms with Crippen molar-refractivity contribution in [2.45, 2.75) is 0 Å². The van der Waals surface area contributed by atoms with Crippen molar-refractivity contribution < 1.29 is 9.72 Å². The highest BCUT2D eigenvalue weighted by Gasteiger charge is 2.22. The number of Topliss-reactive ketones (excluding diaryl/α,β-unsaturated/α-hetero) is 1. The first kappa shape index (κ1) is 14.7. The lowest BCUT2D eigenvalue weighted by molar-refractivity contribution is -0.384. The smallest absolute Gasteiger partial charge is 0.270 e. The molecule has 1 aliphatic heterocycles. The minimum atomic E-state index is -0.501. The van der Waals surface area contributed by atoms with Crippen molar-refractivity contribution in [1.82, 2.24) is 4.90 Å². The van der Waals surface area contributed by atoms with Crippen molar-refractivity contribution in [3.05, 3.63) is 33.9 Å². The number of nitrogens with zero attached hydrogens (tertiary/aromatic N) is 3. The zero-order chi connectivity index (χ0) is 14.7. The second-order valence-corrected chi connectivity index (χ2v) is 5.07. The van der Waals surface area contributed by atoms with Gasteiger partial charge in [-0.15, -0.1) is 11.6 Å². The van der Waals surface area contributed by atoms with Crippen LogP contribution in [0.15, 0.2) is 18.2 Å². The number of hydrogen-bond donors (Lipinski definition) is 0. The molecule has 0 atom stereocenters. The second-order valence-electron chi connectivity index (χ2n) is 4.81. The molecule has 1 aromatic rings. The van der Waals surface area contributed by atoms with E-state index in [1.165, 1.54) is 12.1 Å². The highest BCUT2D eigenvalue weighted by molar-refractivity contribution is 6.31. The molecule has 0 saturated carbocycles. The largest absolute Gasteiger partial charge is 0.368 e. The predicted molar refractivity (Wildman–Crippen MR) is 77.9 cm³/mol. The Morgan fingerprint density at radius 1 is 1.35 bits per heavy atom. The van der Waals surface area contributed by atoms with Crippen LogP contribution in [0.3, 0.4) is 0 Å². The molecule has 1 heterocycles. The molecule has 7 heteroatoms. The lowest BCUT2D eigenvalue weighted by Crippen LogP contribution is -2.45. The maximum Gasteiger partial charge on any atom is 0.270 e. The summed E-state index contributed by atoms with van der Waals surface area (Å²) in [5, 5.41) is 10.8. The number of rotatable bonds is 4. The summed E-state index contributed by atoms with van der Waals surface area (Å²) in [5.74, 6) is -0.466. The third-order valence-corrected chi connectivity index (χ3v) is 3.70. The van der Waals surface area contributed by atoms with Crippen LogP contribution in [0.1, 0.15) is 10.4 Å². The Labute approximate surface area is 122 Å². The van der Waals surface area contributed by atoms with Crippen molar-refractivity contribution in [3.8, 4) is 0 Å². The van der Waals surface area contributed by atoms with E-state index in [0.29, 0.717) is 5.56 Å². The van der Waals surface area contributed by atoms with Crippen molar-refractivity contribution in [2.75, 3.05) is 44.0 Å². The Balaban J connectivity index is 2.36. The molecular formula is C13H16ClN3O3. The summed E-state index contributed by atoms with van der Waals surface area (Å²) in [6.07, 6.45) is 0. The molecule has 2 rings (SSSR count). The van der Waals surface area contributed by atoms with Crippen molar-refractivity contribution in [1.29, 1.82) is 0 Å². The quantitative estimate of drug-likeness (QED) is 0.367. The van der Waals surface area contributed by atoms with Gasteiger partial charge in [-0.3, -0.25) is 14.9 Å². The lowest BCUT2D eigenvalue weighted by Gasteiger charge is -2.34. The minimum absolute atomic E-state index is 0.0867. The number of anilines is 1. The summed E-state index contributed by atoms with van der Waals surface area (Å²) in [5.41, 5.74) is 0.976. The summed E-state index contributed by atoms with van der Waals surface area (Å²) >= 11 is 5.61. The van der Waals surface area contributed by atoms with Gasteiger partial charge in [0, 0.05) is 49.6 Å². The number of benzene rings is 1. The Hall–Kier alpha value is -1.66. The number of alkyl halides is 1. The number of non-ortho nitro benzene ring substituents is 1. The van der Waals surface area contributed by atoms with Crippen LogP contribution < -0.4 is 4.90 Å². The number of hydrogen-bond acceptors (Lipinski definition) is 5. The van der Waals surface area contributed by atoms with Crippen LogP contribution in [0.5, 0.6) is 0 Å². The van der Waals surface area contributed by atoms with E-state index in [9.17, 15) is 14.9 Å². The molecule has 1 aliphatic rings. The van der Waals surface area contributed by atoms with E-state index in [4.69, 9.17) is 11.6 Å². The Morgan fingerprint density at radius 3 is 2.55 bits per heavy atom. The maximum absolute atomic E-state index is 11.9. The molecule has 6 nitrogen and oxygen atoms in total. The van der Waals surface area contributed by atoms with Crippen molar-refractivity contribution in [3.63, 3.8) is 0 Å². The first-order valence-corrected chi connectivity index (χ1v) is 6.87. The number of carbonyl (C=O) groups excluding carboxylic acids is 1. The van der Waals surface area contributed by atoms with E-state index in [2.05, 4.69) is 9.80 Å². The van der Waals surface area contributed by atoms with Gasteiger partial charge in [0.2, 0.25) is 0 Å². The van der Waals surface area contributed by atoms with Crippen molar-refractivity contribution >= 4 is 28.8 Å². The van der Waals surface area contributed by atoms with E-state index < -0.39 is 4.92 Å². The van der Waals surface area contributed by atoms with Crippen LogP contribution in [-0.4, -0.2) is 54.7 Å². The number of nitro benzene ring substituents is 1. The van der Waals surface area contributed by atoms with Gasteiger partial charge in [-0.25, -0.2) is 0 Å². The first-order valence-electron chi connectivity index (χ1n) is 6.34. The molecule has 108 valence electrons. The third kappa shape index (κ3) is 3.08. The van der Waals surface area contributed by atoms with Crippen LogP contribution in [-0.2, 0) is 0 Å². The Kier molecular flexibility index (Phi) is 4.57. The molecule has 0 N–H and O–H groups in total. The molecule has 1 saturated heterocycles. The zero-order valence-electron chi connectivity index (χ0n) is 11.2. The van der Waals surface area contributed by atoms with E-state index in [1.54, 1.807) is 6.07 Å². The molecule has 1 fully saturated rings. The van der Waals surface area contributed by atoms with Gasteiger partial charge in [0.15, 0.2) is 5.78 Å². The summed E-state index contributed by atoms with van der Waals surface area (Å²) in [7, 11) is 2.04. The molecule has 0 spiro atoms. The molecule has 0 radical (unpaired) electrons. The van der Waals surface area contributed by atoms with Gasteiger partial charge in [0.05, 0.1) is 10.8 Å². The maximum atomic E-state index is 11.9. The number of carbonyl (C=O) groups is 1. The average Bonchev–Trinajstić information content (AvgIpc) is 2.46. The molecule has 0 aromatic heterocycles. The number of piperazine rings is 1. The van der Waals surface area contributed by atoms with E-state index in [1.807, 2.05) is 7.05 Å². The molecule has 0 aliphatic carbocycles. The number of ketones is 1. The summed E-state index contributed by atoms with van der Waals surface area (Å²) in [6.45, 7) is 3.37. The highest BCUT2D eigenvalue weighted by atomic mass is 35.5. The van der Waals surface area contributed by atoms with Crippen LogP contribution >= 0.6 is 11.6 Å². The van der Waals surface area contributed by atoms with Gasteiger partial charge in [-0.05, 0) is 13.1 Å². The minimum Gasteiger partial charge on any atom is -0.368 e. The predicted octanol–water partition coefficient (Wildman–Crippen LogP) is 1.77. The van der Waals surface area contributed by atoms with Gasteiger partial charge in [-0.1, -0.05) is 0 Å². The van der Waals surface area contributed by atoms with Crippen LogP contribution in [0.25, 0.3) is 0 Å². The van der Waals surface area contributed by atoms with E-state index in [0.717, 1.165) is 31.9 Å². The van der Waals surface area contributed by atoms with Gasteiger partial charge in [0.1, 0.15) is 0 Å². The van der Waals surface area contributed by atoms with Gasteiger partial charge < -0.3 is 9.80 Å². The van der Waals surface area contributed by atoms with Gasteiger partial charge in [0.25, 0.3) is 5.69 Å². The normalized spacial score (nSPS) is 16.2. The standard InChI is InChI=1S/C13H16ClN3O3/c1-15-4-6-16(7-5-15)12-3-2-10(17(19)20)8-11(12)13(18)9-14/h2-3,8H,4-7,9H2,1H3. The molecule has 1 aromatic carbocycles. The zero-order valence-corrected chi connectivity index (χ0v) is 12.0. The fourth-order valence-corrected chi connectivity index (χ4v) is 2.40. The molecule has 0 bridgehead atoms. The van der Waals surface area contributed by atoms with Gasteiger partial charge in [-0.2, -0.15) is 0 Å². The molecular weight excluding hydrogens is 282 g/mol. The van der Waals surface area contributed by atoms with Crippen LogP contribution in [0.2, 0.25) is 0 Å². The number of nitro groups is 1. The fourth-order valence-electron chi connectivity index (χ4n) is 2.26. The Morgan fingerprint density at radius 2 is 2.00 bits per heavy atom. The van der Waals surface area contributed by atoms with E-state index >= 15 is 0 Å². The number of halogens is 1. The van der Waals surface area contributed by atoms with E-state index in [-0.39, 0.29) is 17.4 Å². The summed E-state index contributed by atoms with van der Waals surface area (Å²) in [4.78, 5) is 26.5. The topological polar surface area (TPSA) is 66.7 Å². The Bertz CT molecular complexity index is 528.